The molecule has 0 spiro atoms. The first-order valence-electron chi connectivity index (χ1n) is 13.2. The Morgan fingerprint density at radius 2 is 1.77 bits per heavy atom. The Balaban J connectivity index is 1.15. The summed E-state index contributed by atoms with van der Waals surface area (Å²) in [5.74, 6) is 2.73. The molecule has 9 nitrogen and oxygen atoms in total. The first-order valence-corrected chi connectivity index (χ1v) is 13.2. The zero-order valence-electron chi connectivity index (χ0n) is 20.5. The van der Waals surface area contributed by atoms with Crippen LogP contribution in [0.3, 0.4) is 0 Å². The number of carbonyl (C=O) groups excluding carboxylic acids is 1. The Labute approximate surface area is 206 Å². The number of piperazine rings is 1. The standard InChI is InChI=1S/C26H35N7O2/c1-2-31-11-13-32(14-12-31)17-18-7-10-22(27-15-18)29-26-28-16-21-24(30-26)33(20-5-3-4-6-20)25(34)23(35-21)19-8-9-19/h7,10,15-16,19-20,23H,2-6,8-9,11-14,17H2,1H3,(H,27,28,29,30). The van der Waals surface area contributed by atoms with E-state index in [1.54, 1.807) is 6.20 Å². The molecule has 1 atom stereocenters. The third-order valence-corrected chi connectivity index (χ3v) is 7.82. The van der Waals surface area contributed by atoms with Gasteiger partial charge in [-0.15, -0.1) is 0 Å². The van der Waals surface area contributed by atoms with E-state index in [1.807, 2.05) is 17.2 Å². The number of amides is 1. The highest BCUT2D eigenvalue weighted by Crippen LogP contribution is 2.44. The molecule has 1 N–H and O–H groups in total. The fraction of sp³-hybridized carbons (Fsp3) is 0.615. The van der Waals surface area contributed by atoms with Crippen LogP contribution in [0.2, 0.25) is 0 Å². The van der Waals surface area contributed by atoms with E-state index in [-0.39, 0.29) is 18.1 Å². The van der Waals surface area contributed by atoms with Gasteiger partial charge in [0.25, 0.3) is 5.91 Å². The van der Waals surface area contributed by atoms with E-state index in [2.05, 4.69) is 38.1 Å². The zero-order valence-corrected chi connectivity index (χ0v) is 20.5. The number of hydrogen-bond donors (Lipinski definition) is 1. The summed E-state index contributed by atoms with van der Waals surface area (Å²) in [6.07, 6.45) is 9.70. The van der Waals surface area contributed by atoms with E-state index in [9.17, 15) is 4.79 Å². The highest BCUT2D eigenvalue weighted by Gasteiger charge is 2.47. The number of anilines is 3. The van der Waals surface area contributed by atoms with Gasteiger partial charge in [-0.1, -0.05) is 25.8 Å². The molecule has 186 valence electrons. The van der Waals surface area contributed by atoms with Gasteiger partial charge in [-0.05, 0) is 43.9 Å². The molecule has 3 fully saturated rings. The van der Waals surface area contributed by atoms with Crippen molar-refractivity contribution in [1.29, 1.82) is 0 Å². The normalized spacial score (nSPS) is 23.9. The zero-order chi connectivity index (χ0) is 23.8. The number of nitrogens with one attached hydrogen (secondary N) is 1. The molecular formula is C26H35N7O2. The lowest BCUT2D eigenvalue weighted by Gasteiger charge is -2.37. The van der Waals surface area contributed by atoms with E-state index < -0.39 is 0 Å². The van der Waals surface area contributed by atoms with Crippen LogP contribution >= 0.6 is 0 Å². The number of pyridine rings is 1. The van der Waals surface area contributed by atoms with Gasteiger partial charge >= 0.3 is 0 Å². The van der Waals surface area contributed by atoms with E-state index in [1.165, 1.54) is 5.56 Å². The smallest absolute Gasteiger partial charge is 0.269 e. The number of likely N-dealkylation sites (N-methyl/N-ethyl adjacent to an activating group) is 1. The number of rotatable bonds is 7. The third-order valence-electron chi connectivity index (χ3n) is 7.82. The van der Waals surface area contributed by atoms with E-state index >= 15 is 0 Å². The maximum Gasteiger partial charge on any atom is 0.269 e. The fourth-order valence-corrected chi connectivity index (χ4v) is 5.55. The predicted molar refractivity (Wildman–Crippen MR) is 134 cm³/mol. The minimum atomic E-state index is -0.385. The lowest BCUT2D eigenvalue weighted by Crippen LogP contribution is -2.51. The van der Waals surface area contributed by atoms with Gasteiger partial charge in [-0.2, -0.15) is 4.98 Å². The summed E-state index contributed by atoms with van der Waals surface area (Å²) in [7, 11) is 0. The molecule has 2 aliphatic carbocycles. The van der Waals surface area contributed by atoms with Crippen molar-refractivity contribution >= 4 is 23.5 Å². The van der Waals surface area contributed by atoms with Gasteiger partial charge in [0, 0.05) is 50.9 Å². The number of hydrogen-bond acceptors (Lipinski definition) is 8. The predicted octanol–water partition coefficient (Wildman–Crippen LogP) is 3.20. The third kappa shape index (κ3) is 4.84. The van der Waals surface area contributed by atoms with Gasteiger partial charge in [0.05, 0.1) is 6.20 Å². The monoisotopic (exact) mass is 477 g/mol. The molecule has 0 aromatic carbocycles. The van der Waals surface area contributed by atoms with Crippen molar-refractivity contribution in [2.45, 2.75) is 64.1 Å². The molecule has 35 heavy (non-hydrogen) atoms. The molecule has 1 saturated heterocycles. The first kappa shape index (κ1) is 22.7. The van der Waals surface area contributed by atoms with Crippen molar-refractivity contribution in [3.8, 4) is 5.75 Å². The second kappa shape index (κ2) is 9.70. The molecule has 4 aliphatic rings. The topological polar surface area (TPSA) is 86.7 Å². The number of carbonyl (C=O) groups is 1. The minimum absolute atomic E-state index is 0.0683. The minimum Gasteiger partial charge on any atom is -0.475 e. The summed E-state index contributed by atoms with van der Waals surface area (Å²) in [4.78, 5) is 34.1. The van der Waals surface area contributed by atoms with Crippen LogP contribution in [0.1, 0.15) is 51.0 Å². The molecule has 0 bridgehead atoms. The maximum absolute atomic E-state index is 13.4. The molecule has 2 aromatic heterocycles. The summed E-state index contributed by atoms with van der Waals surface area (Å²) in [5, 5.41) is 3.22. The summed E-state index contributed by atoms with van der Waals surface area (Å²) >= 11 is 0. The number of fused-ring (bicyclic) bond motifs is 1. The molecular weight excluding hydrogens is 442 g/mol. The van der Waals surface area contributed by atoms with Crippen LogP contribution in [0.25, 0.3) is 0 Å². The summed E-state index contributed by atoms with van der Waals surface area (Å²) in [6.45, 7) is 8.71. The van der Waals surface area contributed by atoms with Crippen molar-refractivity contribution in [3.05, 3.63) is 30.1 Å². The van der Waals surface area contributed by atoms with Crippen molar-refractivity contribution in [3.63, 3.8) is 0 Å². The van der Waals surface area contributed by atoms with Crippen molar-refractivity contribution in [2.24, 2.45) is 5.92 Å². The van der Waals surface area contributed by atoms with Gasteiger partial charge in [-0.25, -0.2) is 9.97 Å². The molecule has 2 saturated carbocycles. The van der Waals surface area contributed by atoms with Crippen LogP contribution in [-0.4, -0.2) is 75.5 Å². The van der Waals surface area contributed by atoms with Crippen molar-refractivity contribution in [2.75, 3.05) is 42.9 Å². The van der Waals surface area contributed by atoms with Gasteiger partial charge in [0.2, 0.25) is 5.95 Å². The van der Waals surface area contributed by atoms with Gasteiger partial charge in [-0.3, -0.25) is 14.6 Å². The maximum atomic E-state index is 13.4. The SMILES string of the molecule is CCN1CCN(Cc2ccc(Nc3ncc4c(n3)N(C3CCCC3)C(=O)C(C3CC3)O4)nc2)CC1. The second-order valence-corrected chi connectivity index (χ2v) is 10.3. The van der Waals surface area contributed by atoms with Crippen LogP contribution in [-0.2, 0) is 11.3 Å². The van der Waals surface area contributed by atoms with E-state index in [0.717, 1.165) is 77.8 Å². The Morgan fingerprint density at radius 1 is 1.00 bits per heavy atom. The molecule has 1 unspecified atom stereocenters. The number of nitrogens with zero attached hydrogens (tertiary/aromatic N) is 6. The fourth-order valence-electron chi connectivity index (χ4n) is 5.55. The first-order chi connectivity index (χ1) is 17.2. The molecule has 4 heterocycles. The average molecular weight is 478 g/mol. The van der Waals surface area contributed by atoms with E-state index in [4.69, 9.17) is 9.72 Å². The van der Waals surface area contributed by atoms with Gasteiger partial charge in [0.15, 0.2) is 17.7 Å². The van der Waals surface area contributed by atoms with Crippen molar-refractivity contribution < 1.29 is 9.53 Å². The Kier molecular flexibility index (Phi) is 6.28. The van der Waals surface area contributed by atoms with Crippen LogP contribution in [0.4, 0.5) is 17.6 Å². The molecule has 2 aliphatic heterocycles. The van der Waals surface area contributed by atoms with Crippen molar-refractivity contribution in [1.82, 2.24) is 24.8 Å². The van der Waals surface area contributed by atoms with E-state index in [0.29, 0.717) is 29.3 Å². The highest BCUT2D eigenvalue weighted by atomic mass is 16.5. The molecule has 9 heteroatoms. The lowest BCUT2D eigenvalue weighted by molar-refractivity contribution is -0.127. The number of aromatic nitrogens is 3. The quantitative estimate of drug-likeness (QED) is 0.651. The summed E-state index contributed by atoms with van der Waals surface area (Å²) < 4.78 is 6.10. The van der Waals surface area contributed by atoms with Gasteiger partial charge < -0.3 is 15.0 Å². The number of ether oxygens (including phenoxy) is 1. The summed E-state index contributed by atoms with van der Waals surface area (Å²) in [5.41, 5.74) is 1.20. The Bertz CT molecular complexity index is 1040. The highest BCUT2D eigenvalue weighted by molar-refractivity contribution is 6.00. The van der Waals surface area contributed by atoms with Crippen LogP contribution in [0.15, 0.2) is 24.5 Å². The van der Waals surface area contributed by atoms with Gasteiger partial charge in [0.1, 0.15) is 5.82 Å². The largest absolute Gasteiger partial charge is 0.475 e. The Hall–Kier alpha value is -2.78. The molecule has 0 radical (unpaired) electrons. The molecule has 6 rings (SSSR count). The second-order valence-electron chi connectivity index (χ2n) is 10.3. The Morgan fingerprint density at radius 3 is 2.46 bits per heavy atom. The molecule has 2 aromatic rings. The summed E-state index contributed by atoms with van der Waals surface area (Å²) in [6, 6.07) is 4.28. The molecule has 1 amide bonds. The van der Waals surface area contributed by atoms with Crippen LogP contribution in [0.5, 0.6) is 5.75 Å². The lowest BCUT2D eigenvalue weighted by atomic mass is 10.1. The average Bonchev–Trinajstić information content (AvgIpc) is 3.59. The van der Waals surface area contributed by atoms with Crippen LogP contribution in [0, 0.1) is 5.92 Å². The van der Waals surface area contributed by atoms with Crippen LogP contribution < -0.4 is 15.0 Å².